The van der Waals surface area contributed by atoms with Crippen LogP contribution in [0.2, 0.25) is 0 Å². The van der Waals surface area contributed by atoms with Gasteiger partial charge in [0.15, 0.2) is 0 Å². The highest BCUT2D eigenvalue weighted by molar-refractivity contribution is 9.10. The largest absolute Gasteiger partial charge is 0.496 e. The molecule has 0 spiro atoms. The van der Waals surface area contributed by atoms with E-state index in [1.54, 1.807) is 14.2 Å². The third kappa shape index (κ3) is 5.51. The molecule has 4 heteroatoms. The molecule has 0 aliphatic rings. The van der Waals surface area contributed by atoms with Gasteiger partial charge >= 0.3 is 0 Å². The summed E-state index contributed by atoms with van der Waals surface area (Å²) in [4.78, 5) is 0. The Morgan fingerprint density at radius 2 is 1.76 bits per heavy atom. The maximum Gasteiger partial charge on any atom is 0.133 e. The van der Waals surface area contributed by atoms with Crippen molar-refractivity contribution in [3.63, 3.8) is 0 Å². The van der Waals surface area contributed by atoms with Crippen LogP contribution in [0.5, 0.6) is 11.5 Å². The van der Waals surface area contributed by atoms with Crippen molar-refractivity contribution >= 4 is 15.9 Å². The van der Waals surface area contributed by atoms with Gasteiger partial charge in [0.1, 0.15) is 11.5 Å². The third-order valence-electron chi connectivity index (χ3n) is 3.62. The number of unbranched alkanes of at least 4 members (excludes halogenated alkanes) is 2. The van der Waals surface area contributed by atoms with Gasteiger partial charge < -0.3 is 14.8 Å². The Hall–Kier alpha value is -0.740. The van der Waals surface area contributed by atoms with E-state index in [0.717, 1.165) is 35.4 Å². The molecule has 0 radical (unpaired) electrons. The SMILES string of the molecule is CCCCCC(NCCC)c1cc(OC)c(Br)cc1OC. The van der Waals surface area contributed by atoms with E-state index in [-0.39, 0.29) is 0 Å². The minimum Gasteiger partial charge on any atom is -0.496 e. The second-order valence-corrected chi connectivity index (χ2v) is 6.09. The molecule has 1 rings (SSSR count). The van der Waals surface area contributed by atoms with Gasteiger partial charge in [-0.05, 0) is 47.4 Å². The maximum atomic E-state index is 5.57. The standard InChI is InChI=1S/C17H28BrNO2/c1-5-7-8-9-15(19-10-6-2)13-11-17(21-4)14(18)12-16(13)20-3/h11-12,15,19H,5-10H2,1-4H3. The number of halogens is 1. The van der Waals surface area contributed by atoms with Gasteiger partial charge in [0.25, 0.3) is 0 Å². The highest BCUT2D eigenvalue weighted by Gasteiger charge is 2.18. The molecule has 0 aliphatic carbocycles. The van der Waals surface area contributed by atoms with Crippen LogP contribution in [-0.2, 0) is 0 Å². The van der Waals surface area contributed by atoms with Gasteiger partial charge in [-0.2, -0.15) is 0 Å². The Morgan fingerprint density at radius 3 is 2.33 bits per heavy atom. The number of hydrogen-bond acceptors (Lipinski definition) is 3. The monoisotopic (exact) mass is 357 g/mol. The molecular weight excluding hydrogens is 330 g/mol. The van der Waals surface area contributed by atoms with E-state index in [4.69, 9.17) is 9.47 Å². The molecular formula is C17H28BrNO2. The van der Waals surface area contributed by atoms with Crippen LogP contribution in [0.3, 0.4) is 0 Å². The molecule has 0 saturated heterocycles. The first-order chi connectivity index (χ1) is 10.2. The van der Waals surface area contributed by atoms with E-state index in [9.17, 15) is 0 Å². The number of nitrogens with one attached hydrogen (secondary N) is 1. The van der Waals surface area contributed by atoms with E-state index in [0.29, 0.717) is 6.04 Å². The Morgan fingerprint density at radius 1 is 1.05 bits per heavy atom. The second kappa shape index (κ2) is 10.1. The number of methoxy groups -OCH3 is 2. The molecule has 0 saturated carbocycles. The van der Waals surface area contributed by atoms with E-state index in [2.05, 4.69) is 41.2 Å². The van der Waals surface area contributed by atoms with Crippen LogP contribution >= 0.6 is 15.9 Å². The lowest BCUT2D eigenvalue weighted by atomic mass is 9.99. The van der Waals surface area contributed by atoms with Crippen molar-refractivity contribution in [2.45, 2.75) is 52.0 Å². The summed E-state index contributed by atoms with van der Waals surface area (Å²) in [6.07, 6.45) is 5.97. The van der Waals surface area contributed by atoms with Gasteiger partial charge in [0, 0.05) is 11.6 Å². The smallest absolute Gasteiger partial charge is 0.133 e. The Labute approximate surface area is 137 Å². The number of hydrogen-bond donors (Lipinski definition) is 1. The van der Waals surface area contributed by atoms with Crippen molar-refractivity contribution in [2.24, 2.45) is 0 Å². The summed E-state index contributed by atoms with van der Waals surface area (Å²) in [5, 5.41) is 3.64. The summed E-state index contributed by atoms with van der Waals surface area (Å²) in [5.74, 6) is 1.76. The minimum atomic E-state index is 0.313. The summed E-state index contributed by atoms with van der Waals surface area (Å²) in [5.41, 5.74) is 1.18. The molecule has 0 aliphatic heterocycles. The van der Waals surface area contributed by atoms with Crippen LogP contribution in [-0.4, -0.2) is 20.8 Å². The van der Waals surface area contributed by atoms with Crippen molar-refractivity contribution in [1.29, 1.82) is 0 Å². The van der Waals surface area contributed by atoms with Gasteiger partial charge in [-0.1, -0.05) is 33.1 Å². The first kappa shape index (κ1) is 18.3. The predicted molar refractivity (Wildman–Crippen MR) is 92.4 cm³/mol. The van der Waals surface area contributed by atoms with Crippen LogP contribution in [0.15, 0.2) is 16.6 Å². The third-order valence-corrected chi connectivity index (χ3v) is 4.24. The average Bonchev–Trinajstić information content (AvgIpc) is 2.50. The first-order valence-corrected chi connectivity index (χ1v) is 8.61. The Kier molecular flexibility index (Phi) is 8.77. The van der Waals surface area contributed by atoms with E-state index in [1.807, 2.05) is 6.07 Å². The number of benzene rings is 1. The number of rotatable bonds is 10. The molecule has 1 aromatic carbocycles. The van der Waals surface area contributed by atoms with Gasteiger partial charge in [-0.3, -0.25) is 0 Å². The van der Waals surface area contributed by atoms with E-state index < -0.39 is 0 Å². The zero-order valence-corrected chi connectivity index (χ0v) is 15.3. The van der Waals surface area contributed by atoms with Crippen molar-refractivity contribution in [2.75, 3.05) is 20.8 Å². The summed E-state index contributed by atoms with van der Waals surface area (Å²) < 4.78 is 11.9. The van der Waals surface area contributed by atoms with Gasteiger partial charge in [0.2, 0.25) is 0 Å². The minimum absolute atomic E-state index is 0.313. The van der Waals surface area contributed by atoms with Gasteiger partial charge in [-0.25, -0.2) is 0 Å². The lowest BCUT2D eigenvalue weighted by Gasteiger charge is -2.22. The van der Waals surface area contributed by atoms with Crippen LogP contribution in [0.1, 0.15) is 57.6 Å². The fourth-order valence-corrected chi connectivity index (χ4v) is 2.93. The first-order valence-electron chi connectivity index (χ1n) is 7.82. The highest BCUT2D eigenvalue weighted by Crippen LogP contribution is 2.37. The zero-order valence-electron chi connectivity index (χ0n) is 13.7. The maximum absolute atomic E-state index is 5.57. The van der Waals surface area contributed by atoms with Crippen molar-refractivity contribution in [3.8, 4) is 11.5 Å². The van der Waals surface area contributed by atoms with E-state index >= 15 is 0 Å². The summed E-state index contributed by atoms with van der Waals surface area (Å²) >= 11 is 3.52. The molecule has 1 unspecified atom stereocenters. The Balaban J connectivity index is 3.02. The molecule has 0 fully saturated rings. The van der Waals surface area contributed by atoms with Crippen LogP contribution < -0.4 is 14.8 Å². The average molecular weight is 358 g/mol. The Bertz CT molecular complexity index is 423. The molecule has 0 amide bonds. The second-order valence-electron chi connectivity index (χ2n) is 5.23. The zero-order chi connectivity index (χ0) is 15.7. The van der Waals surface area contributed by atoms with Crippen molar-refractivity contribution in [3.05, 3.63) is 22.2 Å². The van der Waals surface area contributed by atoms with Crippen LogP contribution in [0.4, 0.5) is 0 Å². The van der Waals surface area contributed by atoms with Crippen LogP contribution in [0.25, 0.3) is 0 Å². The van der Waals surface area contributed by atoms with Gasteiger partial charge in [0.05, 0.1) is 18.7 Å². The lowest BCUT2D eigenvalue weighted by molar-refractivity contribution is 0.382. The van der Waals surface area contributed by atoms with E-state index in [1.165, 1.54) is 24.8 Å². The molecule has 120 valence electrons. The molecule has 1 N–H and O–H groups in total. The predicted octanol–water partition coefficient (Wildman–Crippen LogP) is 5.09. The fourth-order valence-electron chi connectivity index (χ4n) is 2.44. The molecule has 21 heavy (non-hydrogen) atoms. The summed E-state index contributed by atoms with van der Waals surface area (Å²) in [6, 6.07) is 4.39. The molecule has 0 heterocycles. The number of ether oxygens (including phenoxy) is 2. The molecule has 1 aromatic rings. The van der Waals surface area contributed by atoms with Crippen molar-refractivity contribution < 1.29 is 9.47 Å². The van der Waals surface area contributed by atoms with Crippen molar-refractivity contribution in [1.82, 2.24) is 5.32 Å². The molecule has 0 aromatic heterocycles. The molecule has 0 bridgehead atoms. The summed E-state index contributed by atoms with van der Waals surface area (Å²) in [7, 11) is 3.42. The lowest BCUT2D eigenvalue weighted by Crippen LogP contribution is -2.22. The summed E-state index contributed by atoms with van der Waals surface area (Å²) in [6.45, 7) is 5.44. The normalized spacial score (nSPS) is 12.2. The fraction of sp³-hybridized carbons (Fsp3) is 0.647. The highest BCUT2D eigenvalue weighted by atomic mass is 79.9. The van der Waals surface area contributed by atoms with Gasteiger partial charge in [-0.15, -0.1) is 0 Å². The topological polar surface area (TPSA) is 30.5 Å². The molecule has 3 nitrogen and oxygen atoms in total. The molecule has 1 atom stereocenters. The van der Waals surface area contributed by atoms with Crippen LogP contribution in [0, 0.1) is 0 Å². The quantitative estimate of drug-likeness (QED) is 0.591.